The van der Waals surface area contributed by atoms with Gasteiger partial charge in [0.05, 0.1) is 5.41 Å². The van der Waals surface area contributed by atoms with E-state index in [1.165, 1.54) is 5.56 Å². The molecule has 0 amide bonds. The van der Waals surface area contributed by atoms with Gasteiger partial charge in [-0.1, -0.05) is 38.1 Å². The van der Waals surface area contributed by atoms with Crippen LogP contribution in [0.25, 0.3) is 0 Å². The summed E-state index contributed by atoms with van der Waals surface area (Å²) in [7, 11) is 0. The van der Waals surface area contributed by atoms with Crippen LogP contribution in [0.15, 0.2) is 24.3 Å². The third kappa shape index (κ3) is 2.51. The molecule has 0 aliphatic heterocycles. The van der Waals surface area contributed by atoms with Crippen LogP contribution >= 0.6 is 0 Å². The van der Waals surface area contributed by atoms with E-state index in [1.807, 2.05) is 0 Å². The molecule has 2 heteroatoms. The molecule has 1 atom stereocenters. The highest BCUT2D eigenvalue weighted by Gasteiger charge is 2.49. The quantitative estimate of drug-likeness (QED) is 0.842. The summed E-state index contributed by atoms with van der Waals surface area (Å²) in [5.74, 6) is -0.0538. The average Bonchev–Trinajstić information content (AvgIpc) is 3.10. The Balaban J connectivity index is 2.06. The molecule has 1 aliphatic rings. The van der Waals surface area contributed by atoms with Crippen molar-refractivity contribution in [2.24, 2.45) is 5.41 Å². The largest absolute Gasteiger partial charge is 0.481 e. The van der Waals surface area contributed by atoms with Gasteiger partial charge in [-0.3, -0.25) is 4.79 Å². The average molecular weight is 232 g/mol. The van der Waals surface area contributed by atoms with Crippen LogP contribution < -0.4 is 0 Å². The minimum Gasteiger partial charge on any atom is -0.481 e. The molecule has 2 rings (SSSR count). The summed E-state index contributed by atoms with van der Waals surface area (Å²) in [5, 5.41) is 9.15. The first kappa shape index (κ1) is 12.2. The Hall–Kier alpha value is -1.31. The van der Waals surface area contributed by atoms with Crippen molar-refractivity contribution < 1.29 is 9.90 Å². The van der Waals surface area contributed by atoms with Crippen molar-refractivity contribution in [3.05, 3.63) is 35.4 Å². The molecule has 0 saturated heterocycles. The van der Waals surface area contributed by atoms with E-state index in [-0.39, 0.29) is 0 Å². The number of hydrogen-bond donors (Lipinski definition) is 1. The fraction of sp³-hybridized carbons (Fsp3) is 0.533. The molecule has 1 aliphatic carbocycles. The van der Waals surface area contributed by atoms with Gasteiger partial charge in [-0.2, -0.15) is 0 Å². The van der Waals surface area contributed by atoms with Gasteiger partial charge < -0.3 is 5.11 Å². The first-order valence-corrected chi connectivity index (χ1v) is 6.39. The zero-order chi connectivity index (χ0) is 12.5. The summed E-state index contributed by atoms with van der Waals surface area (Å²) in [6.45, 7) is 4.40. The fourth-order valence-electron chi connectivity index (χ4n) is 2.21. The molecular weight excluding hydrogens is 212 g/mol. The van der Waals surface area contributed by atoms with E-state index in [9.17, 15) is 4.79 Å². The highest BCUT2D eigenvalue weighted by Crippen LogP contribution is 2.48. The van der Waals surface area contributed by atoms with E-state index in [2.05, 4.69) is 38.1 Å². The molecule has 0 spiro atoms. The molecule has 0 aromatic heterocycles. The normalized spacial score (nSPS) is 18.7. The van der Waals surface area contributed by atoms with Gasteiger partial charge in [0.1, 0.15) is 0 Å². The minimum atomic E-state index is -0.636. The predicted molar refractivity (Wildman–Crippen MR) is 68.2 cm³/mol. The molecule has 92 valence electrons. The lowest BCUT2D eigenvalue weighted by Crippen LogP contribution is -2.17. The maximum atomic E-state index is 11.1. The van der Waals surface area contributed by atoms with Gasteiger partial charge in [0.25, 0.3) is 0 Å². The van der Waals surface area contributed by atoms with Crippen molar-refractivity contribution >= 4 is 5.97 Å². The lowest BCUT2D eigenvalue weighted by Gasteiger charge is -2.12. The van der Waals surface area contributed by atoms with Crippen LogP contribution in [0.1, 0.15) is 50.2 Å². The minimum absolute atomic E-state index is 0.447. The smallest absolute Gasteiger partial charge is 0.309 e. The first-order chi connectivity index (χ1) is 8.07. The van der Waals surface area contributed by atoms with E-state index in [0.717, 1.165) is 24.8 Å². The Labute approximate surface area is 103 Å². The van der Waals surface area contributed by atoms with Gasteiger partial charge >= 0.3 is 5.97 Å². The number of hydrogen-bond acceptors (Lipinski definition) is 1. The highest BCUT2D eigenvalue weighted by atomic mass is 16.4. The summed E-state index contributed by atoms with van der Waals surface area (Å²) < 4.78 is 0. The van der Waals surface area contributed by atoms with Crippen LogP contribution in [0.4, 0.5) is 0 Å². The van der Waals surface area contributed by atoms with Gasteiger partial charge in [-0.05, 0) is 42.7 Å². The van der Waals surface area contributed by atoms with Crippen LogP contribution in [0, 0.1) is 5.41 Å². The van der Waals surface area contributed by atoms with Crippen LogP contribution in [-0.2, 0) is 11.2 Å². The van der Waals surface area contributed by atoms with Gasteiger partial charge in [0.15, 0.2) is 0 Å². The summed E-state index contributed by atoms with van der Waals surface area (Å²) >= 11 is 0. The summed E-state index contributed by atoms with van der Waals surface area (Å²) in [4.78, 5) is 11.1. The Morgan fingerprint density at radius 3 is 2.35 bits per heavy atom. The second kappa shape index (κ2) is 4.52. The third-order valence-electron chi connectivity index (χ3n) is 4.01. The van der Waals surface area contributed by atoms with Gasteiger partial charge in [0.2, 0.25) is 0 Å². The maximum absolute atomic E-state index is 11.1. The standard InChI is InChI=1S/C15H20O2/c1-3-11(2)13-6-4-12(5-7-13)10-15(8-9-15)14(16)17/h4-7,11H,3,8-10H2,1-2H3,(H,16,17). The van der Waals surface area contributed by atoms with Crippen LogP contribution in [0.3, 0.4) is 0 Å². The molecule has 1 fully saturated rings. The summed E-state index contributed by atoms with van der Waals surface area (Å²) in [6.07, 6.45) is 3.48. The van der Waals surface area contributed by atoms with Crippen molar-refractivity contribution in [2.45, 2.75) is 45.4 Å². The topological polar surface area (TPSA) is 37.3 Å². The van der Waals surface area contributed by atoms with E-state index in [0.29, 0.717) is 12.3 Å². The fourth-order valence-corrected chi connectivity index (χ4v) is 2.21. The lowest BCUT2D eigenvalue weighted by atomic mass is 9.93. The first-order valence-electron chi connectivity index (χ1n) is 6.39. The molecule has 0 bridgehead atoms. The van der Waals surface area contributed by atoms with Gasteiger partial charge in [-0.25, -0.2) is 0 Å². The lowest BCUT2D eigenvalue weighted by molar-refractivity contribution is -0.143. The molecular formula is C15H20O2. The van der Waals surface area contributed by atoms with E-state index in [4.69, 9.17) is 5.11 Å². The van der Waals surface area contributed by atoms with E-state index >= 15 is 0 Å². The molecule has 17 heavy (non-hydrogen) atoms. The molecule has 1 aromatic rings. The molecule has 1 aromatic carbocycles. The van der Waals surface area contributed by atoms with Crippen molar-refractivity contribution in [1.29, 1.82) is 0 Å². The zero-order valence-corrected chi connectivity index (χ0v) is 10.6. The van der Waals surface area contributed by atoms with Crippen LogP contribution in [-0.4, -0.2) is 11.1 Å². The Morgan fingerprint density at radius 1 is 1.35 bits per heavy atom. The SMILES string of the molecule is CCC(C)c1ccc(CC2(C(=O)O)CC2)cc1. The van der Waals surface area contributed by atoms with Crippen LogP contribution in [0.2, 0.25) is 0 Å². The van der Waals surface area contributed by atoms with Crippen LogP contribution in [0.5, 0.6) is 0 Å². The summed E-state index contributed by atoms with van der Waals surface area (Å²) in [5.41, 5.74) is 2.05. The Morgan fingerprint density at radius 2 is 1.94 bits per heavy atom. The van der Waals surface area contributed by atoms with Gasteiger partial charge in [-0.15, -0.1) is 0 Å². The Kier molecular flexibility index (Phi) is 3.23. The Bertz CT molecular complexity index is 401. The van der Waals surface area contributed by atoms with E-state index in [1.54, 1.807) is 0 Å². The molecule has 0 heterocycles. The number of aliphatic carboxylic acids is 1. The van der Waals surface area contributed by atoms with Crippen molar-refractivity contribution in [3.8, 4) is 0 Å². The molecule has 1 unspecified atom stereocenters. The van der Waals surface area contributed by atoms with Crippen molar-refractivity contribution in [3.63, 3.8) is 0 Å². The molecule has 0 radical (unpaired) electrons. The monoisotopic (exact) mass is 232 g/mol. The molecule has 1 N–H and O–H groups in total. The highest BCUT2D eigenvalue weighted by molar-refractivity contribution is 5.78. The number of carboxylic acids is 1. The number of benzene rings is 1. The van der Waals surface area contributed by atoms with Gasteiger partial charge in [0, 0.05) is 0 Å². The second-order valence-electron chi connectivity index (χ2n) is 5.31. The van der Waals surface area contributed by atoms with Crippen molar-refractivity contribution in [2.75, 3.05) is 0 Å². The molecule has 1 saturated carbocycles. The number of rotatable bonds is 5. The maximum Gasteiger partial charge on any atom is 0.309 e. The summed E-state index contributed by atoms with van der Waals surface area (Å²) in [6, 6.07) is 8.46. The van der Waals surface area contributed by atoms with E-state index < -0.39 is 11.4 Å². The predicted octanol–water partition coefficient (Wildman–Crippen LogP) is 3.61. The third-order valence-corrected chi connectivity index (χ3v) is 4.01. The number of carboxylic acid groups (broad SMARTS) is 1. The second-order valence-corrected chi connectivity index (χ2v) is 5.31. The molecule has 2 nitrogen and oxygen atoms in total. The van der Waals surface area contributed by atoms with Crippen molar-refractivity contribution in [1.82, 2.24) is 0 Å². The zero-order valence-electron chi connectivity index (χ0n) is 10.6. The number of carbonyl (C=O) groups is 1.